The minimum absolute atomic E-state index is 0.0230. The van der Waals surface area contributed by atoms with E-state index in [1.54, 1.807) is 67.0 Å². The topological polar surface area (TPSA) is 79.7 Å². The molecule has 1 aliphatic heterocycles. The second-order valence-corrected chi connectivity index (χ2v) is 7.74. The van der Waals surface area contributed by atoms with Crippen molar-refractivity contribution in [1.82, 2.24) is 9.88 Å². The smallest absolute Gasteiger partial charge is 0.295 e. The van der Waals surface area contributed by atoms with Gasteiger partial charge in [-0.05, 0) is 48.4 Å². The molecule has 162 valence electrons. The lowest BCUT2D eigenvalue weighted by molar-refractivity contribution is -0.140. The van der Waals surface area contributed by atoms with Gasteiger partial charge in [0.05, 0.1) is 18.2 Å². The zero-order valence-corrected chi connectivity index (χ0v) is 18.1. The fourth-order valence-corrected chi connectivity index (χ4v) is 3.90. The van der Waals surface area contributed by atoms with E-state index in [1.165, 1.54) is 4.90 Å². The van der Waals surface area contributed by atoms with Gasteiger partial charge in [0.1, 0.15) is 11.5 Å². The highest BCUT2D eigenvalue weighted by Crippen LogP contribution is 2.40. The fraction of sp³-hybridized carbons (Fsp3) is 0.160. The largest absolute Gasteiger partial charge is 0.507 e. The van der Waals surface area contributed by atoms with Crippen LogP contribution < -0.4 is 4.74 Å². The number of amides is 1. The number of likely N-dealkylation sites (tertiary alicyclic amines) is 1. The van der Waals surface area contributed by atoms with Crippen LogP contribution in [0, 0.1) is 0 Å². The third kappa shape index (κ3) is 4.22. The second-order valence-electron chi connectivity index (χ2n) is 7.30. The first-order valence-electron chi connectivity index (χ1n) is 10.2. The number of hydrogen-bond donors (Lipinski definition) is 1. The SMILES string of the molecule is CCOc1cccc(/C(O)=C2/C(=O)C(=O)N(Cc3cccnc3)C2c2ccc(Cl)cc2)c1. The summed E-state index contributed by atoms with van der Waals surface area (Å²) in [7, 11) is 0. The van der Waals surface area contributed by atoms with Crippen molar-refractivity contribution in [2.75, 3.05) is 6.61 Å². The van der Waals surface area contributed by atoms with Gasteiger partial charge in [-0.2, -0.15) is 0 Å². The minimum atomic E-state index is -0.775. The first-order chi connectivity index (χ1) is 15.5. The number of halogens is 1. The van der Waals surface area contributed by atoms with Crippen molar-refractivity contribution in [3.8, 4) is 5.75 Å². The standard InChI is InChI=1S/C25H21ClN2O4/c1-2-32-20-7-3-6-18(13-20)23(29)21-22(17-8-10-19(26)11-9-17)28(25(31)24(21)30)15-16-5-4-12-27-14-16/h3-14,22,29H,2,15H2,1H3/b23-21-. The zero-order valence-electron chi connectivity index (χ0n) is 17.4. The van der Waals surface area contributed by atoms with E-state index >= 15 is 0 Å². The summed E-state index contributed by atoms with van der Waals surface area (Å²) in [5.74, 6) is -1.12. The number of carbonyl (C=O) groups excluding carboxylic acids is 2. The van der Waals surface area contributed by atoms with Crippen LogP contribution in [-0.4, -0.2) is 33.3 Å². The lowest BCUT2D eigenvalue weighted by atomic mass is 9.95. The van der Waals surface area contributed by atoms with E-state index in [2.05, 4.69) is 4.98 Å². The molecule has 1 aromatic heterocycles. The monoisotopic (exact) mass is 448 g/mol. The van der Waals surface area contributed by atoms with Crippen LogP contribution in [0.1, 0.15) is 29.7 Å². The quantitative estimate of drug-likeness (QED) is 0.334. The van der Waals surface area contributed by atoms with Crippen molar-refractivity contribution in [1.29, 1.82) is 0 Å². The molecule has 1 N–H and O–H groups in total. The molecule has 0 bridgehead atoms. The van der Waals surface area contributed by atoms with E-state index < -0.39 is 17.7 Å². The van der Waals surface area contributed by atoms with Crippen molar-refractivity contribution in [2.24, 2.45) is 0 Å². The normalized spacial score (nSPS) is 17.6. The van der Waals surface area contributed by atoms with Gasteiger partial charge in [-0.15, -0.1) is 0 Å². The minimum Gasteiger partial charge on any atom is -0.507 e. The van der Waals surface area contributed by atoms with Crippen molar-refractivity contribution >= 4 is 29.1 Å². The number of hydrogen-bond acceptors (Lipinski definition) is 5. The van der Waals surface area contributed by atoms with Crippen molar-refractivity contribution in [3.63, 3.8) is 0 Å². The highest BCUT2D eigenvalue weighted by Gasteiger charge is 2.46. The molecular weight excluding hydrogens is 428 g/mol. The van der Waals surface area contributed by atoms with Gasteiger partial charge in [0.15, 0.2) is 0 Å². The Bertz CT molecular complexity index is 1180. The Morgan fingerprint density at radius 3 is 2.59 bits per heavy atom. The van der Waals surface area contributed by atoms with E-state index in [0.29, 0.717) is 28.5 Å². The van der Waals surface area contributed by atoms with Gasteiger partial charge in [-0.1, -0.05) is 41.9 Å². The van der Waals surface area contributed by atoms with Crippen LogP contribution in [0.3, 0.4) is 0 Å². The van der Waals surface area contributed by atoms with Gasteiger partial charge in [0, 0.05) is 29.5 Å². The Labute approximate surface area is 190 Å². The lowest BCUT2D eigenvalue weighted by Gasteiger charge is -2.25. The molecule has 1 fully saturated rings. The molecule has 0 radical (unpaired) electrons. The molecule has 32 heavy (non-hydrogen) atoms. The first kappa shape index (κ1) is 21.6. The molecule has 1 atom stereocenters. The lowest BCUT2D eigenvalue weighted by Crippen LogP contribution is -2.29. The van der Waals surface area contributed by atoms with Gasteiger partial charge in [0.2, 0.25) is 0 Å². The molecule has 1 amide bonds. The summed E-state index contributed by atoms with van der Waals surface area (Å²) in [5.41, 5.74) is 1.86. The first-order valence-corrected chi connectivity index (χ1v) is 10.5. The van der Waals surface area contributed by atoms with E-state index in [-0.39, 0.29) is 17.9 Å². The molecule has 2 aromatic carbocycles. The maximum absolute atomic E-state index is 13.1. The number of Topliss-reactive ketones (excluding diaryl/α,β-unsaturated/α-hetero) is 1. The van der Waals surface area contributed by atoms with Crippen molar-refractivity contribution < 1.29 is 19.4 Å². The van der Waals surface area contributed by atoms with Gasteiger partial charge >= 0.3 is 0 Å². The maximum Gasteiger partial charge on any atom is 0.295 e. The molecule has 0 saturated carbocycles. The van der Waals surface area contributed by atoms with Gasteiger partial charge in [-0.25, -0.2) is 0 Å². The Hall–Kier alpha value is -3.64. The van der Waals surface area contributed by atoms with Crippen LogP contribution in [0.15, 0.2) is 78.6 Å². The molecule has 3 aromatic rings. The van der Waals surface area contributed by atoms with Crippen LogP contribution in [0.25, 0.3) is 5.76 Å². The van der Waals surface area contributed by atoms with Crippen molar-refractivity contribution in [2.45, 2.75) is 19.5 Å². The third-order valence-electron chi connectivity index (χ3n) is 5.22. The highest BCUT2D eigenvalue weighted by molar-refractivity contribution is 6.46. The number of ketones is 1. The predicted molar refractivity (Wildman–Crippen MR) is 121 cm³/mol. The van der Waals surface area contributed by atoms with Gasteiger partial charge < -0.3 is 14.7 Å². The van der Waals surface area contributed by atoms with E-state index in [4.69, 9.17) is 16.3 Å². The Morgan fingerprint density at radius 2 is 1.91 bits per heavy atom. The molecule has 2 heterocycles. The number of ether oxygens (including phenoxy) is 1. The summed E-state index contributed by atoms with van der Waals surface area (Å²) in [6.07, 6.45) is 3.28. The number of benzene rings is 2. The average molecular weight is 449 g/mol. The van der Waals surface area contributed by atoms with E-state index in [9.17, 15) is 14.7 Å². The Morgan fingerprint density at radius 1 is 1.12 bits per heavy atom. The summed E-state index contributed by atoms with van der Waals surface area (Å²) >= 11 is 6.05. The molecule has 1 aliphatic rings. The number of rotatable bonds is 6. The number of aliphatic hydroxyl groups excluding tert-OH is 1. The second kappa shape index (κ2) is 9.24. The van der Waals surface area contributed by atoms with Gasteiger partial charge in [-0.3, -0.25) is 14.6 Å². The number of carbonyl (C=O) groups is 2. The fourth-order valence-electron chi connectivity index (χ4n) is 3.78. The van der Waals surface area contributed by atoms with E-state index in [0.717, 1.165) is 5.56 Å². The Kier molecular flexibility index (Phi) is 6.23. The average Bonchev–Trinajstić information content (AvgIpc) is 3.05. The summed E-state index contributed by atoms with van der Waals surface area (Å²) < 4.78 is 5.51. The van der Waals surface area contributed by atoms with E-state index in [1.807, 2.05) is 13.0 Å². The number of aromatic nitrogens is 1. The molecule has 1 unspecified atom stereocenters. The van der Waals surface area contributed by atoms with Crippen LogP contribution >= 0.6 is 11.6 Å². The number of nitrogens with zero attached hydrogens (tertiary/aromatic N) is 2. The summed E-state index contributed by atoms with van der Waals surface area (Å²) in [6, 6.07) is 16.5. The summed E-state index contributed by atoms with van der Waals surface area (Å²) in [4.78, 5) is 31.7. The third-order valence-corrected chi connectivity index (χ3v) is 5.47. The summed E-state index contributed by atoms with van der Waals surface area (Å²) in [6.45, 7) is 2.49. The summed E-state index contributed by atoms with van der Waals surface area (Å²) in [5, 5.41) is 11.7. The molecule has 1 saturated heterocycles. The molecule has 4 rings (SSSR count). The van der Waals surface area contributed by atoms with Gasteiger partial charge in [0.25, 0.3) is 11.7 Å². The van der Waals surface area contributed by atoms with Crippen LogP contribution in [-0.2, 0) is 16.1 Å². The molecule has 7 heteroatoms. The zero-order chi connectivity index (χ0) is 22.7. The predicted octanol–water partition coefficient (Wildman–Crippen LogP) is 4.76. The Balaban J connectivity index is 1.84. The molecule has 0 spiro atoms. The number of pyridine rings is 1. The molecule has 0 aliphatic carbocycles. The number of aliphatic hydroxyl groups is 1. The maximum atomic E-state index is 13.1. The highest BCUT2D eigenvalue weighted by atomic mass is 35.5. The molecule has 6 nitrogen and oxygen atoms in total. The van der Waals surface area contributed by atoms with Crippen LogP contribution in [0.2, 0.25) is 5.02 Å². The van der Waals surface area contributed by atoms with Crippen molar-refractivity contribution in [3.05, 3.63) is 100 Å². The van der Waals surface area contributed by atoms with Crippen LogP contribution in [0.5, 0.6) is 5.75 Å². The van der Waals surface area contributed by atoms with Crippen LogP contribution in [0.4, 0.5) is 0 Å². The molecular formula is C25H21ClN2O4.